The molecule has 0 radical (unpaired) electrons. The fourth-order valence-corrected chi connectivity index (χ4v) is 4.27. The molecule has 1 aliphatic rings. The van der Waals surface area contributed by atoms with Crippen LogP contribution in [0, 0.1) is 0 Å². The van der Waals surface area contributed by atoms with E-state index in [1.807, 2.05) is 51.1 Å². The number of amides is 3. The van der Waals surface area contributed by atoms with E-state index in [1.54, 1.807) is 31.7 Å². The van der Waals surface area contributed by atoms with Crippen molar-refractivity contribution in [2.24, 2.45) is 0 Å². The number of rotatable bonds is 7. The van der Waals surface area contributed by atoms with Crippen molar-refractivity contribution in [1.29, 1.82) is 0 Å². The van der Waals surface area contributed by atoms with Gasteiger partial charge in [-0.2, -0.15) is 0 Å². The Labute approximate surface area is 241 Å². The summed E-state index contributed by atoms with van der Waals surface area (Å²) in [5.74, 6) is -0.965. The maximum atomic E-state index is 13.6. The summed E-state index contributed by atoms with van der Waals surface area (Å²) < 4.78 is 10.2. The summed E-state index contributed by atoms with van der Waals surface area (Å²) in [7, 11) is 1.31. The number of nitrogens with one attached hydrogen (secondary N) is 1. The van der Waals surface area contributed by atoms with Crippen molar-refractivity contribution in [3.05, 3.63) is 47.8 Å². The van der Waals surface area contributed by atoms with Gasteiger partial charge in [-0.3, -0.25) is 14.4 Å². The Morgan fingerprint density at radius 1 is 0.927 bits per heavy atom. The zero-order valence-corrected chi connectivity index (χ0v) is 25.0. The second-order valence-electron chi connectivity index (χ2n) is 12.0. The lowest BCUT2D eigenvalue weighted by Gasteiger charge is -2.35. The fourth-order valence-electron chi connectivity index (χ4n) is 4.27. The van der Waals surface area contributed by atoms with Gasteiger partial charge in [0.2, 0.25) is 5.91 Å². The van der Waals surface area contributed by atoms with Gasteiger partial charge >= 0.3 is 12.1 Å². The van der Waals surface area contributed by atoms with Gasteiger partial charge in [-0.15, -0.1) is 0 Å². The van der Waals surface area contributed by atoms with Crippen LogP contribution in [-0.4, -0.2) is 88.6 Å². The summed E-state index contributed by atoms with van der Waals surface area (Å²) in [4.78, 5) is 63.9. The number of carbonyl (C=O) groups is 4. The Hall–Kier alpha value is -4.02. The first kappa shape index (κ1) is 31.5. The Balaban J connectivity index is 1.86. The number of hydrogen-bond donors (Lipinski definition) is 1. The number of piperazine rings is 1. The molecule has 41 heavy (non-hydrogen) atoms. The molecule has 3 amide bonds. The van der Waals surface area contributed by atoms with Crippen molar-refractivity contribution in [2.75, 3.05) is 33.3 Å². The largest absolute Gasteiger partial charge is 0.460 e. The normalized spacial score (nSPS) is 14.7. The number of nitrogens with zero attached hydrogens (tertiary/aromatic N) is 4. The third-order valence-electron chi connectivity index (χ3n) is 6.44. The molecule has 222 valence electrons. The summed E-state index contributed by atoms with van der Waals surface area (Å²) in [5.41, 5.74) is 0.504. The van der Waals surface area contributed by atoms with Crippen LogP contribution in [0.5, 0.6) is 0 Å². The number of esters is 1. The molecule has 0 saturated carbocycles. The maximum Gasteiger partial charge on any atom is 0.409 e. The molecule has 0 aliphatic carbocycles. The fraction of sp³-hybridized carbons (Fsp3) is 0.533. The van der Waals surface area contributed by atoms with Crippen molar-refractivity contribution in [3.63, 3.8) is 0 Å². The molecule has 1 saturated heterocycles. The van der Waals surface area contributed by atoms with Gasteiger partial charge < -0.3 is 24.6 Å². The molecule has 3 rings (SSSR count). The number of methoxy groups -OCH3 is 1. The molecule has 1 aromatic carbocycles. The van der Waals surface area contributed by atoms with E-state index in [0.29, 0.717) is 24.6 Å². The van der Waals surface area contributed by atoms with Gasteiger partial charge in [-0.25, -0.2) is 14.8 Å². The molecule has 11 heteroatoms. The van der Waals surface area contributed by atoms with Crippen LogP contribution in [0.2, 0.25) is 0 Å². The Morgan fingerprint density at radius 3 is 2.10 bits per heavy atom. The lowest BCUT2D eigenvalue weighted by atomic mass is 9.91. The van der Waals surface area contributed by atoms with Crippen LogP contribution in [0.4, 0.5) is 4.79 Å². The molecule has 1 atom stereocenters. The molecule has 0 unspecified atom stereocenters. The maximum absolute atomic E-state index is 13.6. The first-order valence-electron chi connectivity index (χ1n) is 13.8. The SMILES string of the molecule is COC(=O)N1CCN(C(=O)[C@H](CCC(=O)OC(C)(C)C)NC(=O)c2cc(C(C)(C)C)nc(-c3ccccc3)n2)CC1. The zero-order chi connectivity index (χ0) is 30.4. The molecule has 1 fully saturated rings. The molecule has 2 heterocycles. The molecule has 1 N–H and O–H groups in total. The average molecular weight is 568 g/mol. The van der Waals surface area contributed by atoms with Gasteiger partial charge in [-0.1, -0.05) is 51.1 Å². The molecule has 0 spiro atoms. The van der Waals surface area contributed by atoms with Gasteiger partial charge in [0, 0.05) is 43.6 Å². The highest BCUT2D eigenvalue weighted by molar-refractivity contribution is 5.96. The van der Waals surface area contributed by atoms with Crippen molar-refractivity contribution in [1.82, 2.24) is 25.1 Å². The van der Waals surface area contributed by atoms with E-state index >= 15 is 0 Å². The highest BCUT2D eigenvalue weighted by atomic mass is 16.6. The van der Waals surface area contributed by atoms with Crippen LogP contribution < -0.4 is 5.32 Å². The third kappa shape index (κ3) is 8.99. The first-order chi connectivity index (χ1) is 19.2. The smallest absolute Gasteiger partial charge is 0.409 e. The van der Waals surface area contributed by atoms with E-state index in [0.717, 1.165) is 5.56 Å². The van der Waals surface area contributed by atoms with Gasteiger partial charge in [0.05, 0.1) is 12.8 Å². The summed E-state index contributed by atoms with van der Waals surface area (Å²) in [5, 5.41) is 2.82. The second-order valence-corrected chi connectivity index (χ2v) is 12.0. The van der Waals surface area contributed by atoms with Crippen molar-refractivity contribution >= 4 is 23.9 Å². The highest BCUT2D eigenvalue weighted by Gasteiger charge is 2.32. The van der Waals surface area contributed by atoms with E-state index in [4.69, 9.17) is 14.5 Å². The van der Waals surface area contributed by atoms with Crippen molar-refractivity contribution in [3.8, 4) is 11.4 Å². The summed E-state index contributed by atoms with van der Waals surface area (Å²) in [6, 6.07) is 9.98. The van der Waals surface area contributed by atoms with Gasteiger partial charge in [0.15, 0.2) is 5.82 Å². The minimum atomic E-state index is -1.01. The predicted octanol–water partition coefficient (Wildman–Crippen LogP) is 3.57. The van der Waals surface area contributed by atoms with Crippen LogP contribution in [-0.2, 0) is 24.5 Å². The second kappa shape index (κ2) is 13.1. The minimum absolute atomic E-state index is 0.0411. The monoisotopic (exact) mass is 567 g/mol. The molecule has 1 aliphatic heterocycles. The van der Waals surface area contributed by atoms with E-state index < -0.39 is 29.6 Å². The molecular weight excluding hydrogens is 526 g/mol. The quantitative estimate of drug-likeness (QED) is 0.503. The Bertz CT molecular complexity index is 1240. The summed E-state index contributed by atoms with van der Waals surface area (Å²) >= 11 is 0. The number of benzene rings is 1. The van der Waals surface area contributed by atoms with Crippen LogP contribution in [0.15, 0.2) is 36.4 Å². The van der Waals surface area contributed by atoms with Gasteiger partial charge in [0.25, 0.3) is 5.91 Å². The van der Waals surface area contributed by atoms with E-state index in [2.05, 4.69) is 10.3 Å². The summed E-state index contributed by atoms with van der Waals surface area (Å²) in [6.45, 7) is 12.4. The lowest BCUT2D eigenvalue weighted by Crippen LogP contribution is -2.56. The van der Waals surface area contributed by atoms with Gasteiger partial charge in [-0.05, 0) is 33.3 Å². The number of aromatic nitrogens is 2. The molecule has 1 aromatic heterocycles. The first-order valence-corrected chi connectivity index (χ1v) is 13.8. The van der Waals surface area contributed by atoms with Crippen LogP contribution in [0.25, 0.3) is 11.4 Å². The van der Waals surface area contributed by atoms with Crippen LogP contribution in [0.3, 0.4) is 0 Å². The lowest BCUT2D eigenvalue weighted by molar-refractivity contribution is -0.155. The topological polar surface area (TPSA) is 131 Å². The van der Waals surface area contributed by atoms with E-state index in [1.165, 1.54) is 12.0 Å². The number of carbonyl (C=O) groups excluding carboxylic acids is 4. The van der Waals surface area contributed by atoms with Crippen LogP contribution >= 0.6 is 0 Å². The van der Waals surface area contributed by atoms with E-state index in [9.17, 15) is 19.2 Å². The average Bonchev–Trinajstić information content (AvgIpc) is 2.93. The number of hydrogen-bond acceptors (Lipinski definition) is 8. The Morgan fingerprint density at radius 2 is 1.54 bits per heavy atom. The molecule has 0 bridgehead atoms. The van der Waals surface area contributed by atoms with Crippen LogP contribution in [0.1, 0.15) is 70.6 Å². The minimum Gasteiger partial charge on any atom is -0.460 e. The third-order valence-corrected chi connectivity index (χ3v) is 6.44. The van der Waals surface area contributed by atoms with E-state index in [-0.39, 0.29) is 42.9 Å². The molecular formula is C30H41N5O6. The summed E-state index contributed by atoms with van der Waals surface area (Å²) in [6.07, 6.45) is -0.485. The predicted molar refractivity (Wildman–Crippen MR) is 153 cm³/mol. The highest BCUT2D eigenvalue weighted by Crippen LogP contribution is 2.24. The Kier molecular flexibility index (Phi) is 10.1. The van der Waals surface area contributed by atoms with Crippen molar-refractivity contribution < 1.29 is 28.7 Å². The molecule has 11 nitrogen and oxygen atoms in total. The zero-order valence-electron chi connectivity index (χ0n) is 25.0. The molecule has 2 aromatic rings. The standard InChI is InChI=1S/C30H41N5O6/c1-29(2,3)23-19-22(31-25(33-23)20-11-9-8-10-12-20)26(37)32-21(13-14-24(36)41-30(4,5)6)27(38)34-15-17-35(18-16-34)28(39)40-7/h8-12,19,21H,13-18H2,1-7H3,(H,32,37)/t21-/m0/s1. The van der Waals surface area contributed by atoms with Crippen molar-refractivity contribution in [2.45, 2.75) is 71.4 Å². The number of ether oxygens (including phenoxy) is 2. The van der Waals surface area contributed by atoms with Gasteiger partial charge in [0.1, 0.15) is 17.3 Å².